The Balaban J connectivity index is 1.86. The highest BCUT2D eigenvalue weighted by atomic mass is 32.2. The molecule has 1 aliphatic rings. The van der Waals surface area contributed by atoms with Gasteiger partial charge in [-0.15, -0.1) is 0 Å². The van der Waals surface area contributed by atoms with E-state index in [-0.39, 0.29) is 5.41 Å². The molecule has 0 N–H and O–H groups in total. The van der Waals surface area contributed by atoms with Crippen molar-refractivity contribution in [1.82, 2.24) is 15.0 Å². The van der Waals surface area contributed by atoms with E-state index < -0.39 is 0 Å². The molecule has 0 aliphatic carbocycles. The predicted octanol–water partition coefficient (Wildman–Crippen LogP) is 2.98. The van der Waals surface area contributed by atoms with Crippen LogP contribution in [0.3, 0.4) is 0 Å². The monoisotopic (exact) mass is 285 g/mol. The Morgan fingerprint density at radius 1 is 1.39 bits per heavy atom. The molecule has 2 rings (SSSR count). The highest BCUT2D eigenvalue weighted by molar-refractivity contribution is 8.22. The molecule has 0 unspecified atom stereocenters. The molecule has 0 radical (unpaired) electrons. The summed E-state index contributed by atoms with van der Waals surface area (Å²) in [4.78, 5) is 6.66. The molecule has 0 amide bonds. The Morgan fingerprint density at radius 2 is 2.06 bits per heavy atom. The standard InChI is InChI=1S/C12H19N3OS2/c1-12(2,3)10-13-9(14-16-10)8-18-11(17)15-6-4-5-7-15/h4-8H2,1-3H3. The zero-order chi connectivity index (χ0) is 13.2. The van der Waals surface area contributed by atoms with Gasteiger partial charge in [-0.3, -0.25) is 0 Å². The van der Waals surface area contributed by atoms with Crippen molar-refractivity contribution in [3.05, 3.63) is 11.7 Å². The van der Waals surface area contributed by atoms with Gasteiger partial charge in [0.15, 0.2) is 5.82 Å². The van der Waals surface area contributed by atoms with Gasteiger partial charge in [-0.1, -0.05) is 49.9 Å². The van der Waals surface area contributed by atoms with Gasteiger partial charge < -0.3 is 9.42 Å². The minimum atomic E-state index is -0.0919. The second kappa shape index (κ2) is 5.57. The van der Waals surface area contributed by atoms with E-state index >= 15 is 0 Å². The first-order valence-electron chi connectivity index (χ1n) is 6.21. The lowest BCUT2D eigenvalue weighted by atomic mass is 9.97. The van der Waals surface area contributed by atoms with Crippen LogP contribution in [0.15, 0.2) is 4.52 Å². The summed E-state index contributed by atoms with van der Waals surface area (Å²) >= 11 is 7.02. The maximum absolute atomic E-state index is 5.40. The largest absolute Gasteiger partial charge is 0.358 e. The Bertz CT molecular complexity index is 419. The SMILES string of the molecule is CC(C)(C)c1nc(CSC(=S)N2CCCC2)no1. The van der Waals surface area contributed by atoms with Crippen molar-refractivity contribution in [1.29, 1.82) is 0 Å². The Labute approximate surface area is 118 Å². The Hall–Kier alpha value is -0.620. The van der Waals surface area contributed by atoms with Gasteiger partial charge >= 0.3 is 0 Å². The number of thiocarbonyl (C=S) groups is 1. The molecule has 1 aromatic heterocycles. The minimum Gasteiger partial charge on any atom is -0.358 e. The molecule has 100 valence electrons. The molecule has 1 aliphatic heterocycles. The third-order valence-corrected chi connectivity index (χ3v) is 4.32. The summed E-state index contributed by atoms with van der Waals surface area (Å²) < 4.78 is 6.21. The lowest BCUT2D eigenvalue weighted by Gasteiger charge is -2.16. The van der Waals surface area contributed by atoms with E-state index in [4.69, 9.17) is 16.7 Å². The van der Waals surface area contributed by atoms with Gasteiger partial charge in [-0.05, 0) is 12.8 Å². The first kappa shape index (κ1) is 13.8. The van der Waals surface area contributed by atoms with Crippen LogP contribution >= 0.6 is 24.0 Å². The number of nitrogens with zero attached hydrogens (tertiary/aromatic N) is 3. The molecular weight excluding hydrogens is 266 g/mol. The van der Waals surface area contributed by atoms with E-state index in [1.165, 1.54) is 12.8 Å². The molecule has 2 heterocycles. The van der Waals surface area contributed by atoms with E-state index in [1.807, 2.05) is 0 Å². The number of rotatable bonds is 2. The van der Waals surface area contributed by atoms with Crippen molar-refractivity contribution in [3.63, 3.8) is 0 Å². The second-order valence-corrected chi connectivity index (χ2v) is 7.12. The number of hydrogen-bond donors (Lipinski definition) is 0. The van der Waals surface area contributed by atoms with Crippen LogP contribution in [0.1, 0.15) is 45.3 Å². The fraction of sp³-hybridized carbons (Fsp3) is 0.750. The third-order valence-electron chi connectivity index (χ3n) is 2.80. The molecule has 0 bridgehead atoms. The lowest BCUT2D eigenvalue weighted by Crippen LogP contribution is -2.23. The summed E-state index contributed by atoms with van der Waals surface area (Å²) in [6, 6.07) is 0. The zero-order valence-corrected chi connectivity index (χ0v) is 12.7. The summed E-state index contributed by atoms with van der Waals surface area (Å²) in [6.45, 7) is 8.36. The maximum atomic E-state index is 5.40. The highest BCUT2D eigenvalue weighted by Gasteiger charge is 2.22. The molecule has 6 heteroatoms. The van der Waals surface area contributed by atoms with Crippen LogP contribution in [0.5, 0.6) is 0 Å². The number of likely N-dealkylation sites (tertiary alicyclic amines) is 1. The van der Waals surface area contributed by atoms with Gasteiger partial charge in [0.2, 0.25) is 5.89 Å². The van der Waals surface area contributed by atoms with E-state index in [9.17, 15) is 0 Å². The van der Waals surface area contributed by atoms with Crippen LogP contribution in [-0.2, 0) is 11.2 Å². The van der Waals surface area contributed by atoms with Crippen molar-refractivity contribution in [2.24, 2.45) is 0 Å². The minimum absolute atomic E-state index is 0.0919. The molecule has 1 saturated heterocycles. The van der Waals surface area contributed by atoms with Gasteiger partial charge in [0.05, 0.1) is 5.75 Å². The molecule has 0 saturated carbocycles. The van der Waals surface area contributed by atoms with E-state index in [2.05, 4.69) is 35.8 Å². The summed E-state index contributed by atoms with van der Waals surface area (Å²) in [7, 11) is 0. The first-order chi connectivity index (χ1) is 8.47. The molecule has 18 heavy (non-hydrogen) atoms. The summed E-state index contributed by atoms with van der Waals surface area (Å²) in [6.07, 6.45) is 2.49. The predicted molar refractivity (Wildman–Crippen MR) is 77.7 cm³/mol. The lowest BCUT2D eigenvalue weighted by molar-refractivity contribution is 0.319. The van der Waals surface area contributed by atoms with Gasteiger partial charge in [0, 0.05) is 18.5 Å². The molecule has 1 fully saturated rings. The van der Waals surface area contributed by atoms with Crippen LogP contribution in [-0.4, -0.2) is 32.5 Å². The van der Waals surface area contributed by atoms with Crippen LogP contribution < -0.4 is 0 Å². The van der Waals surface area contributed by atoms with Crippen molar-refractivity contribution in [2.45, 2.75) is 44.8 Å². The first-order valence-corrected chi connectivity index (χ1v) is 7.61. The average Bonchev–Trinajstić information content (AvgIpc) is 2.96. The molecule has 4 nitrogen and oxygen atoms in total. The van der Waals surface area contributed by atoms with Crippen LogP contribution in [0, 0.1) is 0 Å². The Kier molecular flexibility index (Phi) is 4.27. The van der Waals surface area contributed by atoms with Crippen LogP contribution in [0.25, 0.3) is 0 Å². The second-order valence-electron chi connectivity index (χ2n) is 5.51. The molecule has 0 aromatic carbocycles. The van der Waals surface area contributed by atoms with Crippen molar-refractivity contribution < 1.29 is 4.52 Å². The van der Waals surface area contributed by atoms with E-state index in [0.29, 0.717) is 11.6 Å². The molecule has 0 atom stereocenters. The quantitative estimate of drug-likeness (QED) is 0.778. The maximum Gasteiger partial charge on any atom is 0.232 e. The normalized spacial score (nSPS) is 16.3. The topological polar surface area (TPSA) is 42.2 Å². The fourth-order valence-electron chi connectivity index (χ4n) is 1.73. The van der Waals surface area contributed by atoms with Crippen molar-refractivity contribution >= 4 is 28.3 Å². The van der Waals surface area contributed by atoms with Crippen LogP contribution in [0.4, 0.5) is 0 Å². The highest BCUT2D eigenvalue weighted by Crippen LogP contribution is 2.22. The average molecular weight is 285 g/mol. The van der Waals surface area contributed by atoms with E-state index in [0.717, 1.165) is 23.2 Å². The summed E-state index contributed by atoms with van der Waals surface area (Å²) in [5, 5.41) is 4.00. The van der Waals surface area contributed by atoms with Gasteiger partial charge in [0.1, 0.15) is 4.32 Å². The Morgan fingerprint density at radius 3 is 2.61 bits per heavy atom. The fourth-order valence-corrected chi connectivity index (χ4v) is 2.83. The molecule has 0 spiro atoms. The molecular formula is C12H19N3OS2. The third kappa shape index (κ3) is 3.45. The van der Waals surface area contributed by atoms with Gasteiger partial charge in [-0.25, -0.2) is 0 Å². The van der Waals surface area contributed by atoms with Gasteiger partial charge in [-0.2, -0.15) is 4.98 Å². The number of thioether (sulfide) groups is 1. The number of aromatic nitrogens is 2. The summed E-state index contributed by atoms with van der Waals surface area (Å²) in [5.74, 6) is 2.10. The van der Waals surface area contributed by atoms with Crippen LogP contribution in [0.2, 0.25) is 0 Å². The zero-order valence-electron chi connectivity index (χ0n) is 11.1. The number of hydrogen-bond acceptors (Lipinski definition) is 5. The van der Waals surface area contributed by atoms with E-state index in [1.54, 1.807) is 11.8 Å². The molecule has 1 aromatic rings. The summed E-state index contributed by atoms with van der Waals surface area (Å²) in [5.41, 5.74) is -0.0919. The van der Waals surface area contributed by atoms with Crippen molar-refractivity contribution in [3.8, 4) is 0 Å². The van der Waals surface area contributed by atoms with Gasteiger partial charge in [0.25, 0.3) is 0 Å². The smallest absolute Gasteiger partial charge is 0.232 e. The van der Waals surface area contributed by atoms with Crippen molar-refractivity contribution in [2.75, 3.05) is 13.1 Å².